The maximum atomic E-state index is 12.5. The number of carbonyl (C=O) groups is 2. The third-order valence-electron chi connectivity index (χ3n) is 5.84. The van der Waals surface area contributed by atoms with Crippen molar-refractivity contribution in [2.75, 3.05) is 50.9 Å². The second kappa shape index (κ2) is 13.6. The normalized spacial score (nSPS) is 11.5. The molecule has 8 heteroatoms. The number of nitrogens with one attached hydrogen (secondary N) is 1. The molecule has 0 aliphatic carbocycles. The van der Waals surface area contributed by atoms with Gasteiger partial charge in [0.05, 0.1) is 12.4 Å². The average molecular weight is 522 g/mol. The summed E-state index contributed by atoms with van der Waals surface area (Å²) in [5, 5.41) is 2.62. The molecular weight excluding hydrogens is 486 g/mol. The summed E-state index contributed by atoms with van der Waals surface area (Å²) in [5.74, 6) is -0.211. The van der Waals surface area contributed by atoms with E-state index in [1.54, 1.807) is 11.8 Å². The highest BCUT2D eigenvalue weighted by molar-refractivity contribution is 7.99. The summed E-state index contributed by atoms with van der Waals surface area (Å²) in [6.45, 7) is 0.118. The molecule has 1 N–H and O–H groups in total. The van der Waals surface area contributed by atoms with Crippen molar-refractivity contribution in [3.63, 3.8) is 0 Å². The number of esters is 1. The number of anilines is 2. The van der Waals surface area contributed by atoms with Crippen molar-refractivity contribution in [3.05, 3.63) is 95.6 Å². The molecule has 1 atom stereocenters. The first-order chi connectivity index (χ1) is 17.8. The van der Waals surface area contributed by atoms with Gasteiger partial charge in [-0.1, -0.05) is 54.6 Å². The van der Waals surface area contributed by atoms with Gasteiger partial charge in [0, 0.05) is 45.3 Å². The van der Waals surface area contributed by atoms with E-state index in [0.717, 1.165) is 28.1 Å². The fraction of sp³-hybridized carbons (Fsp3) is 0.310. The highest BCUT2D eigenvalue weighted by Crippen LogP contribution is 2.37. The van der Waals surface area contributed by atoms with Gasteiger partial charge in [-0.05, 0) is 41.0 Å². The minimum Gasteiger partial charge on any atom is -0.467 e. The first kappa shape index (κ1) is 27.9. The molecule has 0 saturated carbocycles. The van der Waals surface area contributed by atoms with Gasteiger partial charge in [0.2, 0.25) is 0 Å². The first-order valence-electron chi connectivity index (χ1n) is 12.0. The van der Waals surface area contributed by atoms with Gasteiger partial charge in [0.1, 0.15) is 12.6 Å². The van der Waals surface area contributed by atoms with Crippen LogP contribution in [-0.2, 0) is 20.9 Å². The molecule has 1 unspecified atom stereocenters. The Labute approximate surface area is 223 Å². The molecule has 0 heterocycles. The fourth-order valence-corrected chi connectivity index (χ4v) is 4.99. The number of alkyl carbamates (subject to hydrolysis) is 1. The molecule has 0 fully saturated rings. The summed E-state index contributed by atoms with van der Waals surface area (Å²) in [5.41, 5.74) is 5.27. The van der Waals surface area contributed by atoms with E-state index in [0.29, 0.717) is 5.75 Å². The molecule has 0 spiro atoms. The second-order valence-corrected chi connectivity index (χ2v) is 10.1. The Balaban J connectivity index is 1.76. The summed E-state index contributed by atoms with van der Waals surface area (Å²) in [6.07, 6.45) is -0.665. The third kappa shape index (κ3) is 8.18. The van der Waals surface area contributed by atoms with Gasteiger partial charge in [-0.3, -0.25) is 0 Å². The van der Waals surface area contributed by atoms with Crippen LogP contribution >= 0.6 is 11.8 Å². The molecule has 0 radical (unpaired) electrons. The third-order valence-corrected chi connectivity index (χ3v) is 7.25. The van der Waals surface area contributed by atoms with E-state index in [-0.39, 0.29) is 11.9 Å². The molecular formula is C29H35N3O4S. The highest BCUT2D eigenvalue weighted by Gasteiger charge is 2.25. The molecule has 0 bridgehead atoms. The zero-order valence-corrected chi connectivity index (χ0v) is 22.8. The number of thioether (sulfide) groups is 1. The van der Waals surface area contributed by atoms with Crippen molar-refractivity contribution in [3.8, 4) is 0 Å². The number of carbonyl (C=O) groups excluding carboxylic acids is 2. The lowest BCUT2D eigenvalue weighted by atomic mass is 10.0. The molecule has 0 aliphatic heterocycles. The number of hydrogen-bond acceptors (Lipinski definition) is 7. The van der Waals surface area contributed by atoms with Gasteiger partial charge in [-0.15, -0.1) is 11.8 Å². The number of benzene rings is 3. The van der Waals surface area contributed by atoms with E-state index in [2.05, 4.69) is 63.6 Å². The van der Waals surface area contributed by atoms with Gasteiger partial charge in [0.25, 0.3) is 0 Å². The van der Waals surface area contributed by atoms with Crippen LogP contribution in [0.1, 0.15) is 21.9 Å². The van der Waals surface area contributed by atoms with Crippen LogP contribution in [0.2, 0.25) is 0 Å². The Morgan fingerprint density at radius 2 is 1.32 bits per heavy atom. The number of rotatable bonds is 11. The van der Waals surface area contributed by atoms with Crippen molar-refractivity contribution in [2.24, 2.45) is 0 Å². The van der Waals surface area contributed by atoms with E-state index >= 15 is 0 Å². The van der Waals surface area contributed by atoms with Gasteiger partial charge >= 0.3 is 12.1 Å². The Morgan fingerprint density at radius 3 is 1.78 bits per heavy atom. The Bertz CT molecular complexity index is 1080. The molecule has 3 rings (SSSR count). The smallest absolute Gasteiger partial charge is 0.408 e. The largest absolute Gasteiger partial charge is 0.467 e. The lowest BCUT2D eigenvalue weighted by molar-refractivity contribution is -0.142. The molecule has 196 valence electrons. The van der Waals surface area contributed by atoms with Crippen LogP contribution in [0.25, 0.3) is 0 Å². The Hall–Kier alpha value is -3.65. The van der Waals surface area contributed by atoms with E-state index in [1.807, 2.05) is 58.5 Å². The summed E-state index contributed by atoms with van der Waals surface area (Å²) in [6, 6.07) is 25.2. The summed E-state index contributed by atoms with van der Waals surface area (Å²) in [7, 11) is 9.33. The Morgan fingerprint density at radius 1 is 0.811 bits per heavy atom. The fourth-order valence-electron chi connectivity index (χ4n) is 3.69. The van der Waals surface area contributed by atoms with E-state index in [1.165, 1.54) is 7.11 Å². The topological polar surface area (TPSA) is 71.1 Å². The van der Waals surface area contributed by atoms with E-state index in [4.69, 9.17) is 9.47 Å². The van der Waals surface area contributed by atoms with Gasteiger partial charge in [0.15, 0.2) is 0 Å². The molecule has 0 aliphatic rings. The monoisotopic (exact) mass is 521 g/mol. The van der Waals surface area contributed by atoms with Crippen molar-refractivity contribution < 1.29 is 19.1 Å². The van der Waals surface area contributed by atoms with Crippen molar-refractivity contribution in [1.29, 1.82) is 0 Å². The molecule has 7 nitrogen and oxygen atoms in total. The summed E-state index contributed by atoms with van der Waals surface area (Å²) in [4.78, 5) is 29.1. The second-order valence-electron chi connectivity index (χ2n) is 8.97. The van der Waals surface area contributed by atoms with E-state index < -0.39 is 18.1 Å². The molecule has 3 aromatic carbocycles. The summed E-state index contributed by atoms with van der Waals surface area (Å²) >= 11 is 1.57. The predicted molar refractivity (Wildman–Crippen MR) is 151 cm³/mol. The minimum absolute atomic E-state index is 0.0540. The molecule has 0 aromatic heterocycles. The van der Waals surface area contributed by atoms with Crippen molar-refractivity contribution in [1.82, 2.24) is 5.32 Å². The molecule has 1 amide bonds. The van der Waals surface area contributed by atoms with Crippen molar-refractivity contribution in [2.45, 2.75) is 17.9 Å². The standard InChI is InChI=1S/C29H35N3O4S/c1-31(2)24-15-11-22(12-16-24)27(23-13-17-25(18-14-23)32(3)4)37-20-26(28(33)35-5)30-29(34)36-19-21-9-7-6-8-10-21/h6-18,26-27H,19-20H2,1-5H3,(H,30,34). The summed E-state index contributed by atoms with van der Waals surface area (Å²) < 4.78 is 10.3. The number of methoxy groups -OCH3 is 1. The van der Waals surface area contributed by atoms with Gasteiger partial charge in [-0.25, -0.2) is 9.59 Å². The lowest BCUT2D eigenvalue weighted by Crippen LogP contribution is -2.43. The maximum absolute atomic E-state index is 12.5. The maximum Gasteiger partial charge on any atom is 0.408 e. The minimum atomic E-state index is -0.858. The SMILES string of the molecule is COC(=O)C(CSC(c1ccc(N(C)C)cc1)c1ccc(N(C)C)cc1)NC(=O)OCc1ccccc1. The van der Waals surface area contributed by atoms with Crippen LogP contribution in [0.3, 0.4) is 0 Å². The number of ether oxygens (including phenoxy) is 2. The van der Waals surface area contributed by atoms with Crippen LogP contribution < -0.4 is 15.1 Å². The highest BCUT2D eigenvalue weighted by atomic mass is 32.2. The quantitative estimate of drug-likeness (QED) is 0.352. The zero-order valence-electron chi connectivity index (χ0n) is 22.0. The number of hydrogen-bond donors (Lipinski definition) is 1. The number of amides is 1. The van der Waals surface area contributed by atoms with Crippen LogP contribution in [-0.4, -0.2) is 59.2 Å². The predicted octanol–water partition coefficient (Wildman–Crippen LogP) is 5.11. The zero-order chi connectivity index (χ0) is 26.8. The van der Waals surface area contributed by atoms with Crippen LogP contribution in [0.15, 0.2) is 78.9 Å². The van der Waals surface area contributed by atoms with Crippen LogP contribution in [0.4, 0.5) is 16.2 Å². The number of nitrogens with zero attached hydrogens (tertiary/aromatic N) is 2. The lowest BCUT2D eigenvalue weighted by Gasteiger charge is -2.23. The molecule has 3 aromatic rings. The van der Waals surface area contributed by atoms with Gasteiger partial charge < -0.3 is 24.6 Å². The molecule has 0 saturated heterocycles. The van der Waals surface area contributed by atoms with Crippen molar-refractivity contribution >= 4 is 35.2 Å². The van der Waals surface area contributed by atoms with Crippen LogP contribution in [0, 0.1) is 0 Å². The first-order valence-corrected chi connectivity index (χ1v) is 13.0. The Kier molecular flexibility index (Phi) is 10.3. The average Bonchev–Trinajstić information content (AvgIpc) is 2.92. The van der Waals surface area contributed by atoms with Gasteiger partial charge in [-0.2, -0.15) is 0 Å². The van der Waals surface area contributed by atoms with E-state index in [9.17, 15) is 9.59 Å². The van der Waals surface area contributed by atoms with Crippen LogP contribution in [0.5, 0.6) is 0 Å². The molecule has 37 heavy (non-hydrogen) atoms.